The van der Waals surface area contributed by atoms with Crippen molar-refractivity contribution in [3.8, 4) is 11.6 Å². The van der Waals surface area contributed by atoms with Crippen LogP contribution in [0.15, 0.2) is 42.5 Å². The molecule has 1 amide bonds. The van der Waals surface area contributed by atoms with E-state index in [0.29, 0.717) is 17.4 Å². The number of rotatable bonds is 6. The maximum Gasteiger partial charge on any atom is 0.244 e. The summed E-state index contributed by atoms with van der Waals surface area (Å²) in [6.45, 7) is 0.197. The van der Waals surface area contributed by atoms with Crippen LogP contribution < -0.4 is 14.8 Å². The number of methoxy groups -OCH3 is 2. The highest BCUT2D eigenvalue weighted by Crippen LogP contribution is 2.13. The molecular weight excluding hydrogens is 322 g/mol. The maximum atomic E-state index is 12.0. The molecule has 128 valence electrons. The Labute approximate surface area is 144 Å². The zero-order chi connectivity index (χ0) is 17.6. The average molecular weight is 339 g/mol. The lowest BCUT2D eigenvalue weighted by Crippen LogP contribution is -2.22. The van der Waals surface area contributed by atoms with Crippen molar-refractivity contribution in [3.63, 3.8) is 0 Å². The van der Waals surface area contributed by atoms with E-state index in [1.54, 1.807) is 25.3 Å². The van der Waals surface area contributed by atoms with Gasteiger partial charge in [0.25, 0.3) is 0 Å². The van der Waals surface area contributed by atoms with Gasteiger partial charge < -0.3 is 14.8 Å². The quantitative estimate of drug-likeness (QED) is 0.684. The van der Waals surface area contributed by atoms with Crippen LogP contribution in [0.2, 0.25) is 0 Å². The van der Waals surface area contributed by atoms with Gasteiger partial charge in [0.1, 0.15) is 5.75 Å². The fourth-order valence-electron chi connectivity index (χ4n) is 2.18. The minimum absolute atomic E-state index is 0.197. The molecule has 0 bridgehead atoms. The zero-order valence-electron chi connectivity index (χ0n) is 13.8. The lowest BCUT2D eigenvalue weighted by molar-refractivity contribution is -0.116. The first-order valence-electron chi connectivity index (χ1n) is 7.55. The highest BCUT2D eigenvalue weighted by molar-refractivity contribution is 5.91. The Balaban J connectivity index is 1.65. The fourth-order valence-corrected chi connectivity index (χ4v) is 2.18. The summed E-state index contributed by atoms with van der Waals surface area (Å²) >= 11 is 0. The second-order valence-corrected chi connectivity index (χ2v) is 5.09. The van der Waals surface area contributed by atoms with E-state index in [9.17, 15) is 4.79 Å². The topological polar surface area (TPSA) is 90.6 Å². The van der Waals surface area contributed by atoms with Crippen molar-refractivity contribution in [2.75, 3.05) is 14.2 Å². The van der Waals surface area contributed by atoms with Crippen LogP contribution in [0.1, 0.15) is 11.4 Å². The number of nitrogens with one attached hydrogen (secondary N) is 1. The van der Waals surface area contributed by atoms with Crippen molar-refractivity contribution in [1.82, 2.24) is 25.1 Å². The number of carbonyl (C=O) groups is 1. The van der Waals surface area contributed by atoms with E-state index in [1.807, 2.05) is 24.3 Å². The standard InChI is InChI=1S/C17H17N5O3/c1-24-13-5-3-4-12(10-13)6-8-16(23)18-11-15-20-19-14-7-9-17(25-2)21-22(14)15/h3-10H,11H2,1-2H3,(H,18,23). The van der Waals surface area contributed by atoms with Crippen molar-refractivity contribution in [3.05, 3.63) is 53.9 Å². The number of ether oxygens (including phenoxy) is 2. The van der Waals surface area contributed by atoms with Crippen LogP contribution in [0.4, 0.5) is 0 Å². The number of aromatic nitrogens is 4. The van der Waals surface area contributed by atoms with Gasteiger partial charge in [-0.25, -0.2) is 0 Å². The Bertz CT molecular complexity index is 920. The third-order valence-corrected chi connectivity index (χ3v) is 3.45. The van der Waals surface area contributed by atoms with E-state index in [1.165, 1.54) is 17.7 Å². The van der Waals surface area contributed by atoms with E-state index in [2.05, 4.69) is 20.6 Å². The molecule has 0 fully saturated rings. The summed E-state index contributed by atoms with van der Waals surface area (Å²) in [5, 5.41) is 15.0. The van der Waals surface area contributed by atoms with Crippen molar-refractivity contribution in [1.29, 1.82) is 0 Å². The first kappa shape index (κ1) is 16.4. The zero-order valence-corrected chi connectivity index (χ0v) is 13.8. The van der Waals surface area contributed by atoms with Crippen LogP contribution in [-0.4, -0.2) is 39.9 Å². The summed E-state index contributed by atoms with van der Waals surface area (Å²) < 4.78 is 11.8. The van der Waals surface area contributed by atoms with Gasteiger partial charge in [-0.15, -0.1) is 15.3 Å². The molecule has 0 saturated carbocycles. The van der Waals surface area contributed by atoms with Gasteiger partial charge in [-0.3, -0.25) is 4.79 Å². The van der Waals surface area contributed by atoms with Gasteiger partial charge in [-0.05, 0) is 29.8 Å². The third-order valence-electron chi connectivity index (χ3n) is 3.45. The molecule has 8 heteroatoms. The lowest BCUT2D eigenvalue weighted by atomic mass is 10.2. The molecule has 0 saturated heterocycles. The Morgan fingerprint density at radius 1 is 1.20 bits per heavy atom. The fraction of sp³-hybridized carbons (Fsp3) is 0.176. The molecule has 0 aliphatic heterocycles. The normalized spacial score (nSPS) is 11.0. The summed E-state index contributed by atoms with van der Waals surface area (Å²) in [5.41, 5.74) is 1.45. The van der Waals surface area contributed by atoms with Crippen molar-refractivity contribution >= 4 is 17.6 Å². The molecule has 0 atom stereocenters. The highest BCUT2D eigenvalue weighted by Gasteiger charge is 2.08. The Hall–Kier alpha value is -3.42. The summed E-state index contributed by atoms with van der Waals surface area (Å²) in [4.78, 5) is 12.0. The summed E-state index contributed by atoms with van der Waals surface area (Å²) in [6, 6.07) is 10.9. The van der Waals surface area contributed by atoms with Gasteiger partial charge in [-0.1, -0.05) is 12.1 Å². The van der Waals surface area contributed by atoms with E-state index in [4.69, 9.17) is 9.47 Å². The van der Waals surface area contributed by atoms with Crippen LogP contribution in [0.25, 0.3) is 11.7 Å². The SMILES string of the molecule is COc1cccc(C=CC(=O)NCc2nnc3ccc(OC)nn23)c1. The van der Waals surface area contributed by atoms with Gasteiger partial charge in [0.05, 0.1) is 20.8 Å². The molecule has 25 heavy (non-hydrogen) atoms. The van der Waals surface area contributed by atoms with Gasteiger partial charge >= 0.3 is 0 Å². The first-order valence-corrected chi connectivity index (χ1v) is 7.55. The number of carbonyl (C=O) groups excluding carboxylic acids is 1. The Morgan fingerprint density at radius 2 is 2.08 bits per heavy atom. The summed E-state index contributed by atoms with van der Waals surface area (Å²) in [5.74, 6) is 1.44. The number of fused-ring (bicyclic) bond motifs is 1. The molecule has 2 heterocycles. The molecule has 3 rings (SSSR count). The summed E-state index contributed by atoms with van der Waals surface area (Å²) in [7, 11) is 3.13. The second kappa shape index (κ2) is 7.43. The Morgan fingerprint density at radius 3 is 2.88 bits per heavy atom. The van der Waals surface area contributed by atoms with Gasteiger partial charge in [-0.2, -0.15) is 4.52 Å². The van der Waals surface area contributed by atoms with Crippen LogP contribution in [0, 0.1) is 0 Å². The first-order chi connectivity index (χ1) is 12.2. The average Bonchev–Trinajstić information content (AvgIpc) is 3.07. The number of hydrogen-bond acceptors (Lipinski definition) is 6. The van der Waals surface area contributed by atoms with E-state index >= 15 is 0 Å². The summed E-state index contributed by atoms with van der Waals surface area (Å²) in [6.07, 6.45) is 3.16. The van der Waals surface area contributed by atoms with Crippen LogP contribution in [-0.2, 0) is 11.3 Å². The van der Waals surface area contributed by atoms with Crippen LogP contribution in [0.5, 0.6) is 11.6 Å². The number of benzene rings is 1. The van der Waals surface area contributed by atoms with E-state index in [0.717, 1.165) is 11.3 Å². The second-order valence-electron chi connectivity index (χ2n) is 5.09. The minimum Gasteiger partial charge on any atom is -0.497 e. The van der Waals surface area contributed by atoms with Gasteiger partial charge in [0, 0.05) is 12.1 Å². The molecule has 0 spiro atoms. The largest absolute Gasteiger partial charge is 0.497 e. The third kappa shape index (κ3) is 3.92. The van der Waals surface area contributed by atoms with E-state index < -0.39 is 0 Å². The van der Waals surface area contributed by atoms with Crippen LogP contribution in [0.3, 0.4) is 0 Å². The number of nitrogens with zero attached hydrogens (tertiary/aromatic N) is 4. The molecular formula is C17H17N5O3. The molecule has 2 aromatic heterocycles. The van der Waals surface area contributed by atoms with Crippen LogP contribution >= 0.6 is 0 Å². The van der Waals surface area contributed by atoms with Crippen molar-refractivity contribution < 1.29 is 14.3 Å². The molecule has 8 nitrogen and oxygen atoms in total. The maximum absolute atomic E-state index is 12.0. The smallest absolute Gasteiger partial charge is 0.244 e. The lowest BCUT2D eigenvalue weighted by Gasteiger charge is -2.02. The molecule has 0 radical (unpaired) electrons. The minimum atomic E-state index is -0.248. The molecule has 0 aliphatic rings. The highest BCUT2D eigenvalue weighted by atomic mass is 16.5. The predicted molar refractivity (Wildman–Crippen MR) is 91.2 cm³/mol. The van der Waals surface area contributed by atoms with Crippen molar-refractivity contribution in [2.45, 2.75) is 6.54 Å². The van der Waals surface area contributed by atoms with Crippen molar-refractivity contribution in [2.24, 2.45) is 0 Å². The number of amides is 1. The molecule has 0 aliphatic carbocycles. The molecule has 1 aromatic carbocycles. The molecule has 3 aromatic rings. The molecule has 1 N–H and O–H groups in total. The Kier molecular flexibility index (Phi) is 4.89. The monoisotopic (exact) mass is 339 g/mol. The van der Waals surface area contributed by atoms with Gasteiger partial charge in [0.15, 0.2) is 11.5 Å². The predicted octanol–water partition coefficient (Wildman–Crippen LogP) is 1.47. The molecule has 0 unspecified atom stereocenters. The number of hydrogen-bond donors (Lipinski definition) is 1. The van der Waals surface area contributed by atoms with E-state index in [-0.39, 0.29) is 12.5 Å². The van der Waals surface area contributed by atoms with Gasteiger partial charge in [0.2, 0.25) is 11.8 Å².